The van der Waals surface area contributed by atoms with Crippen molar-refractivity contribution in [1.82, 2.24) is 0 Å². The average molecular weight is 290 g/mol. The standard InChI is InChI=1S/C18H26O3/c1-4-5-6-7-8-9-16(20)18-15(12-14(3)19)10-13(2)11-17(18)21/h10-11,21H,4-9,12H2,1-3H3. The quantitative estimate of drug-likeness (QED) is 0.542. The van der Waals surface area contributed by atoms with Gasteiger partial charge in [-0.3, -0.25) is 9.59 Å². The smallest absolute Gasteiger partial charge is 0.166 e. The summed E-state index contributed by atoms with van der Waals surface area (Å²) in [5, 5.41) is 10.1. The molecule has 116 valence electrons. The van der Waals surface area contributed by atoms with Gasteiger partial charge in [0.05, 0.1) is 5.56 Å². The van der Waals surface area contributed by atoms with Gasteiger partial charge in [0.1, 0.15) is 11.5 Å². The SMILES string of the molecule is CCCCCCCC(=O)c1c(O)cc(C)cc1CC(C)=O. The highest BCUT2D eigenvalue weighted by Gasteiger charge is 2.17. The Bertz CT molecular complexity index is 503. The first-order chi connectivity index (χ1) is 9.95. The van der Waals surface area contributed by atoms with Crippen molar-refractivity contribution in [3.8, 4) is 5.75 Å². The topological polar surface area (TPSA) is 54.4 Å². The number of hydrogen-bond acceptors (Lipinski definition) is 3. The number of rotatable bonds is 9. The summed E-state index contributed by atoms with van der Waals surface area (Å²) in [6.07, 6.45) is 6.02. The summed E-state index contributed by atoms with van der Waals surface area (Å²) in [7, 11) is 0. The Hall–Kier alpha value is -1.64. The fourth-order valence-corrected chi connectivity index (χ4v) is 2.58. The van der Waals surface area contributed by atoms with Crippen LogP contribution in [0.25, 0.3) is 0 Å². The van der Waals surface area contributed by atoms with Gasteiger partial charge in [0.2, 0.25) is 0 Å². The molecule has 21 heavy (non-hydrogen) atoms. The van der Waals surface area contributed by atoms with E-state index >= 15 is 0 Å². The van der Waals surface area contributed by atoms with E-state index in [0.29, 0.717) is 17.5 Å². The predicted molar refractivity (Wildman–Crippen MR) is 84.9 cm³/mol. The summed E-state index contributed by atoms with van der Waals surface area (Å²) in [6, 6.07) is 3.42. The van der Waals surface area contributed by atoms with E-state index in [1.54, 1.807) is 6.07 Å². The highest BCUT2D eigenvalue weighted by Crippen LogP contribution is 2.26. The molecule has 3 nitrogen and oxygen atoms in total. The van der Waals surface area contributed by atoms with Gasteiger partial charge in [0, 0.05) is 12.8 Å². The van der Waals surface area contributed by atoms with Gasteiger partial charge in [-0.1, -0.05) is 38.7 Å². The number of Topliss-reactive ketones (excluding diaryl/α,β-unsaturated/α-hetero) is 2. The van der Waals surface area contributed by atoms with Crippen LogP contribution < -0.4 is 0 Å². The van der Waals surface area contributed by atoms with E-state index < -0.39 is 0 Å². The van der Waals surface area contributed by atoms with Crippen molar-refractivity contribution in [3.63, 3.8) is 0 Å². The zero-order valence-corrected chi connectivity index (χ0v) is 13.4. The van der Waals surface area contributed by atoms with Crippen molar-refractivity contribution in [3.05, 3.63) is 28.8 Å². The number of carbonyl (C=O) groups is 2. The van der Waals surface area contributed by atoms with Gasteiger partial charge in [0.25, 0.3) is 0 Å². The molecule has 0 saturated carbocycles. The normalized spacial score (nSPS) is 10.6. The zero-order valence-electron chi connectivity index (χ0n) is 13.4. The lowest BCUT2D eigenvalue weighted by atomic mass is 9.94. The van der Waals surface area contributed by atoms with Crippen molar-refractivity contribution < 1.29 is 14.7 Å². The monoisotopic (exact) mass is 290 g/mol. The van der Waals surface area contributed by atoms with E-state index in [1.165, 1.54) is 19.8 Å². The Morgan fingerprint density at radius 1 is 1.10 bits per heavy atom. The minimum absolute atomic E-state index is 0.00278. The van der Waals surface area contributed by atoms with Gasteiger partial charge in [0.15, 0.2) is 5.78 Å². The third kappa shape index (κ3) is 5.70. The molecule has 0 bridgehead atoms. The number of ketones is 2. The van der Waals surface area contributed by atoms with Crippen LogP contribution in [0, 0.1) is 6.92 Å². The van der Waals surface area contributed by atoms with E-state index in [1.807, 2.05) is 13.0 Å². The molecule has 0 aromatic heterocycles. The number of unbranched alkanes of at least 4 members (excludes halogenated alkanes) is 4. The fourth-order valence-electron chi connectivity index (χ4n) is 2.58. The molecule has 0 unspecified atom stereocenters. The Kier molecular flexibility index (Phi) is 7.13. The fraction of sp³-hybridized carbons (Fsp3) is 0.556. The zero-order chi connectivity index (χ0) is 15.8. The maximum Gasteiger partial charge on any atom is 0.166 e. The van der Waals surface area contributed by atoms with Gasteiger partial charge in [-0.2, -0.15) is 0 Å². The Morgan fingerprint density at radius 3 is 2.38 bits per heavy atom. The summed E-state index contributed by atoms with van der Waals surface area (Å²) < 4.78 is 0. The van der Waals surface area contributed by atoms with E-state index in [0.717, 1.165) is 24.8 Å². The van der Waals surface area contributed by atoms with E-state index in [-0.39, 0.29) is 23.7 Å². The molecule has 1 N–H and O–H groups in total. The molecule has 0 aliphatic rings. The number of benzene rings is 1. The number of hydrogen-bond donors (Lipinski definition) is 1. The van der Waals surface area contributed by atoms with Crippen molar-refractivity contribution in [2.75, 3.05) is 0 Å². The molecule has 0 spiro atoms. The second-order valence-electron chi connectivity index (χ2n) is 5.78. The highest BCUT2D eigenvalue weighted by molar-refractivity contribution is 6.01. The van der Waals surface area contributed by atoms with Crippen LogP contribution in [-0.2, 0) is 11.2 Å². The second-order valence-corrected chi connectivity index (χ2v) is 5.78. The number of aromatic hydroxyl groups is 1. The Labute approximate surface area is 127 Å². The van der Waals surface area contributed by atoms with Crippen molar-refractivity contribution in [2.45, 2.75) is 65.7 Å². The second kappa shape index (κ2) is 8.60. The van der Waals surface area contributed by atoms with Crippen LogP contribution in [0.5, 0.6) is 5.75 Å². The average Bonchev–Trinajstić information content (AvgIpc) is 2.36. The molecule has 1 rings (SSSR count). The predicted octanol–water partition coefficient (Wildman–Crippen LogP) is 4.38. The van der Waals surface area contributed by atoms with E-state index in [9.17, 15) is 14.7 Å². The van der Waals surface area contributed by atoms with Crippen molar-refractivity contribution >= 4 is 11.6 Å². The number of phenolic OH excluding ortho intramolecular Hbond substituents is 1. The van der Waals surface area contributed by atoms with Crippen LogP contribution in [0.3, 0.4) is 0 Å². The number of carbonyl (C=O) groups excluding carboxylic acids is 2. The van der Waals surface area contributed by atoms with Crippen molar-refractivity contribution in [1.29, 1.82) is 0 Å². The summed E-state index contributed by atoms with van der Waals surface area (Å²) in [6.45, 7) is 5.50. The molecule has 0 aliphatic carbocycles. The molecule has 1 aromatic rings. The molecule has 0 saturated heterocycles. The molecular weight excluding hydrogens is 264 g/mol. The van der Waals surface area contributed by atoms with Gasteiger partial charge in [-0.25, -0.2) is 0 Å². The maximum atomic E-state index is 12.3. The molecular formula is C18H26O3. The first kappa shape index (κ1) is 17.4. The number of aryl methyl sites for hydroxylation is 1. The third-order valence-electron chi connectivity index (χ3n) is 3.57. The molecule has 0 radical (unpaired) electrons. The highest BCUT2D eigenvalue weighted by atomic mass is 16.3. The molecule has 0 amide bonds. The van der Waals surface area contributed by atoms with Gasteiger partial charge in [-0.05, 0) is 37.5 Å². The van der Waals surface area contributed by atoms with Crippen LogP contribution in [0.2, 0.25) is 0 Å². The Morgan fingerprint density at radius 2 is 1.76 bits per heavy atom. The Balaban J connectivity index is 2.79. The first-order valence-corrected chi connectivity index (χ1v) is 7.80. The molecule has 0 heterocycles. The molecule has 0 atom stereocenters. The lowest BCUT2D eigenvalue weighted by Gasteiger charge is -2.11. The van der Waals surface area contributed by atoms with Gasteiger partial charge in [-0.15, -0.1) is 0 Å². The van der Waals surface area contributed by atoms with Crippen molar-refractivity contribution in [2.24, 2.45) is 0 Å². The molecule has 3 heteroatoms. The van der Waals surface area contributed by atoms with Crippen LogP contribution >= 0.6 is 0 Å². The van der Waals surface area contributed by atoms with Crippen LogP contribution in [0.1, 0.15) is 73.9 Å². The van der Waals surface area contributed by atoms with Gasteiger partial charge >= 0.3 is 0 Å². The first-order valence-electron chi connectivity index (χ1n) is 7.80. The van der Waals surface area contributed by atoms with Crippen LogP contribution in [0.4, 0.5) is 0 Å². The summed E-state index contributed by atoms with van der Waals surface area (Å²) in [4.78, 5) is 23.7. The van der Waals surface area contributed by atoms with E-state index in [2.05, 4.69) is 6.92 Å². The van der Waals surface area contributed by atoms with E-state index in [4.69, 9.17) is 0 Å². The molecule has 0 aliphatic heterocycles. The van der Waals surface area contributed by atoms with Gasteiger partial charge < -0.3 is 5.11 Å². The maximum absolute atomic E-state index is 12.3. The lowest BCUT2D eigenvalue weighted by Crippen LogP contribution is -2.08. The summed E-state index contributed by atoms with van der Waals surface area (Å²) in [5.41, 5.74) is 1.85. The lowest BCUT2D eigenvalue weighted by molar-refractivity contribution is -0.116. The molecule has 1 aromatic carbocycles. The third-order valence-corrected chi connectivity index (χ3v) is 3.57. The van der Waals surface area contributed by atoms with Crippen LogP contribution in [-0.4, -0.2) is 16.7 Å². The summed E-state index contributed by atoms with van der Waals surface area (Å²) in [5.74, 6) is -0.0537. The number of phenols is 1. The van der Waals surface area contributed by atoms with Crippen LogP contribution in [0.15, 0.2) is 12.1 Å². The molecule has 0 fully saturated rings. The largest absolute Gasteiger partial charge is 0.507 e. The minimum Gasteiger partial charge on any atom is -0.507 e. The summed E-state index contributed by atoms with van der Waals surface area (Å²) >= 11 is 0. The minimum atomic E-state index is -0.0553.